The van der Waals surface area contributed by atoms with E-state index < -0.39 is 10.0 Å². The summed E-state index contributed by atoms with van der Waals surface area (Å²) in [6.45, 7) is 5.05. The fourth-order valence-electron chi connectivity index (χ4n) is 1.71. The molecular weight excluding hydrogens is 326 g/mol. The van der Waals surface area contributed by atoms with Crippen LogP contribution in [0.2, 0.25) is 0 Å². The van der Waals surface area contributed by atoms with E-state index in [0.717, 1.165) is 5.56 Å². The topological polar surface area (TPSA) is 37.4 Å². The summed E-state index contributed by atoms with van der Waals surface area (Å²) in [7, 11) is -3.17. The average molecular weight is 348 g/mol. The van der Waals surface area contributed by atoms with Crippen molar-refractivity contribution in [1.29, 1.82) is 0 Å². The highest BCUT2D eigenvalue weighted by molar-refractivity contribution is 9.09. The third-order valence-corrected chi connectivity index (χ3v) is 5.09. The Morgan fingerprint density at radius 2 is 1.84 bits per heavy atom. The molecule has 1 aromatic rings. The summed E-state index contributed by atoms with van der Waals surface area (Å²) >= 11 is 3.33. The first kappa shape index (κ1) is 16.7. The second-order valence-electron chi connectivity index (χ2n) is 5.01. The quantitative estimate of drug-likeness (QED) is 0.677. The molecule has 1 aromatic carbocycles. The zero-order valence-electron chi connectivity index (χ0n) is 11.5. The van der Waals surface area contributed by atoms with Gasteiger partial charge in [-0.1, -0.05) is 60.1 Å². The Hall–Kier alpha value is -0.390. The molecule has 0 bridgehead atoms. The molecule has 0 radical (unpaired) electrons. The van der Waals surface area contributed by atoms with Crippen molar-refractivity contribution in [2.24, 2.45) is 5.92 Å². The largest absolute Gasteiger partial charge is 0.214 e. The van der Waals surface area contributed by atoms with Crippen molar-refractivity contribution in [3.63, 3.8) is 0 Å². The molecule has 0 fully saturated rings. The molecule has 5 heteroatoms. The fourth-order valence-corrected chi connectivity index (χ4v) is 4.12. The van der Waals surface area contributed by atoms with Crippen LogP contribution < -0.4 is 0 Å². The number of sulfonamides is 1. The SMILES string of the molecule is CC(C)CCS(=O)(=O)N(CCBr)Cc1ccccc1. The molecule has 0 aliphatic carbocycles. The van der Waals surface area contributed by atoms with Crippen molar-refractivity contribution in [1.82, 2.24) is 4.31 Å². The van der Waals surface area contributed by atoms with E-state index in [1.807, 2.05) is 44.2 Å². The molecule has 0 heterocycles. The fraction of sp³-hybridized carbons (Fsp3) is 0.571. The van der Waals surface area contributed by atoms with E-state index in [1.165, 1.54) is 0 Å². The molecule has 0 saturated carbocycles. The molecule has 1 rings (SSSR count). The minimum atomic E-state index is -3.17. The molecule has 0 spiro atoms. The number of rotatable bonds is 8. The monoisotopic (exact) mass is 347 g/mol. The first-order valence-corrected chi connectivity index (χ1v) is 9.26. The third kappa shape index (κ3) is 6.06. The standard InChI is InChI=1S/C14H22BrNO2S/c1-13(2)8-11-19(17,18)16(10-9-15)12-14-6-4-3-5-7-14/h3-7,13H,8-12H2,1-2H3. The summed E-state index contributed by atoms with van der Waals surface area (Å²) in [5, 5.41) is 0.654. The van der Waals surface area contributed by atoms with Gasteiger partial charge in [-0.15, -0.1) is 0 Å². The lowest BCUT2D eigenvalue weighted by Crippen LogP contribution is -2.34. The Labute approximate surface area is 125 Å². The van der Waals surface area contributed by atoms with Gasteiger partial charge in [0.2, 0.25) is 10.0 Å². The van der Waals surface area contributed by atoms with Gasteiger partial charge in [0.1, 0.15) is 0 Å². The summed E-state index contributed by atoms with van der Waals surface area (Å²) in [5.74, 6) is 0.627. The third-order valence-electron chi connectivity index (χ3n) is 2.88. The van der Waals surface area contributed by atoms with Crippen LogP contribution in [0.15, 0.2) is 30.3 Å². The zero-order valence-corrected chi connectivity index (χ0v) is 14.0. The molecule has 0 aliphatic rings. The van der Waals surface area contributed by atoms with Crippen LogP contribution in [-0.4, -0.2) is 30.4 Å². The molecule has 0 aliphatic heterocycles. The van der Waals surface area contributed by atoms with E-state index >= 15 is 0 Å². The van der Waals surface area contributed by atoms with Crippen LogP contribution in [-0.2, 0) is 16.6 Å². The van der Waals surface area contributed by atoms with Crippen LogP contribution in [0.3, 0.4) is 0 Å². The van der Waals surface area contributed by atoms with Gasteiger partial charge < -0.3 is 0 Å². The molecule has 19 heavy (non-hydrogen) atoms. The number of nitrogens with zero attached hydrogens (tertiary/aromatic N) is 1. The van der Waals surface area contributed by atoms with Gasteiger partial charge in [-0.25, -0.2) is 8.42 Å². The van der Waals surface area contributed by atoms with Gasteiger partial charge in [-0.2, -0.15) is 4.31 Å². The lowest BCUT2D eigenvalue weighted by atomic mass is 10.2. The summed E-state index contributed by atoms with van der Waals surface area (Å²) in [6, 6.07) is 9.72. The van der Waals surface area contributed by atoms with Crippen molar-refractivity contribution in [2.45, 2.75) is 26.8 Å². The van der Waals surface area contributed by atoms with Crippen LogP contribution >= 0.6 is 15.9 Å². The Morgan fingerprint density at radius 1 is 1.21 bits per heavy atom. The van der Waals surface area contributed by atoms with E-state index in [1.54, 1.807) is 4.31 Å². The first-order valence-electron chi connectivity index (χ1n) is 6.53. The predicted molar refractivity (Wildman–Crippen MR) is 83.9 cm³/mol. The Bertz CT molecular complexity index is 460. The van der Waals surface area contributed by atoms with Crippen molar-refractivity contribution >= 4 is 26.0 Å². The average Bonchev–Trinajstić information content (AvgIpc) is 2.37. The molecule has 0 aromatic heterocycles. The Morgan fingerprint density at radius 3 is 2.37 bits per heavy atom. The Kier molecular flexibility index (Phi) is 7.04. The van der Waals surface area contributed by atoms with Gasteiger partial charge in [0.15, 0.2) is 0 Å². The molecule has 108 valence electrons. The second-order valence-corrected chi connectivity index (χ2v) is 7.89. The van der Waals surface area contributed by atoms with Crippen LogP contribution in [0.5, 0.6) is 0 Å². The van der Waals surface area contributed by atoms with Crippen molar-refractivity contribution in [2.75, 3.05) is 17.6 Å². The number of hydrogen-bond donors (Lipinski definition) is 0. The highest BCUT2D eigenvalue weighted by Gasteiger charge is 2.21. The van der Waals surface area contributed by atoms with Gasteiger partial charge in [-0.3, -0.25) is 0 Å². The first-order chi connectivity index (χ1) is 8.95. The lowest BCUT2D eigenvalue weighted by molar-refractivity contribution is 0.423. The smallest absolute Gasteiger partial charge is 0.212 e. The molecule has 0 atom stereocenters. The van der Waals surface area contributed by atoms with Crippen LogP contribution in [0.25, 0.3) is 0 Å². The maximum absolute atomic E-state index is 12.3. The van der Waals surface area contributed by atoms with Gasteiger partial charge >= 0.3 is 0 Å². The van der Waals surface area contributed by atoms with Crippen LogP contribution in [0, 0.1) is 5.92 Å². The van der Waals surface area contributed by atoms with E-state index in [2.05, 4.69) is 15.9 Å². The van der Waals surface area contributed by atoms with Gasteiger partial charge in [-0.05, 0) is 17.9 Å². The van der Waals surface area contributed by atoms with Gasteiger partial charge in [0.25, 0.3) is 0 Å². The second kappa shape index (κ2) is 8.02. The lowest BCUT2D eigenvalue weighted by Gasteiger charge is -2.22. The minimum Gasteiger partial charge on any atom is -0.212 e. The molecule has 0 saturated heterocycles. The van der Waals surface area contributed by atoms with E-state index in [-0.39, 0.29) is 5.75 Å². The molecule has 3 nitrogen and oxygen atoms in total. The number of hydrogen-bond acceptors (Lipinski definition) is 2. The van der Waals surface area contributed by atoms with Gasteiger partial charge in [0.05, 0.1) is 5.75 Å². The van der Waals surface area contributed by atoms with E-state index in [9.17, 15) is 8.42 Å². The minimum absolute atomic E-state index is 0.227. The van der Waals surface area contributed by atoms with E-state index in [0.29, 0.717) is 30.8 Å². The van der Waals surface area contributed by atoms with Crippen LogP contribution in [0.1, 0.15) is 25.8 Å². The van der Waals surface area contributed by atoms with Crippen LogP contribution in [0.4, 0.5) is 0 Å². The molecular formula is C14H22BrNO2S. The molecule has 0 unspecified atom stereocenters. The number of benzene rings is 1. The van der Waals surface area contributed by atoms with E-state index in [4.69, 9.17) is 0 Å². The highest BCUT2D eigenvalue weighted by atomic mass is 79.9. The normalized spacial score (nSPS) is 12.3. The summed E-state index contributed by atoms with van der Waals surface area (Å²) in [6.07, 6.45) is 0.704. The van der Waals surface area contributed by atoms with Crippen molar-refractivity contribution in [3.05, 3.63) is 35.9 Å². The molecule has 0 amide bonds. The summed E-state index contributed by atoms with van der Waals surface area (Å²) < 4.78 is 26.2. The summed E-state index contributed by atoms with van der Waals surface area (Å²) in [5.41, 5.74) is 1.02. The Balaban J connectivity index is 2.76. The number of alkyl halides is 1. The highest BCUT2D eigenvalue weighted by Crippen LogP contribution is 2.13. The molecule has 0 N–H and O–H groups in total. The zero-order chi connectivity index (χ0) is 14.3. The number of halogens is 1. The van der Waals surface area contributed by atoms with Crippen molar-refractivity contribution < 1.29 is 8.42 Å². The maximum Gasteiger partial charge on any atom is 0.214 e. The van der Waals surface area contributed by atoms with Crippen molar-refractivity contribution in [3.8, 4) is 0 Å². The maximum atomic E-state index is 12.3. The van der Waals surface area contributed by atoms with Gasteiger partial charge in [0, 0.05) is 18.4 Å². The summed E-state index contributed by atoms with van der Waals surface area (Å²) in [4.78, 5) is 0. The predicted octanol–water partition coefficient (Wildman–Crippen LogP) is 3.26.